The van der Waals surface area contributed by atoms with Crippen LogP contribution in [0.5, 0.6) is 5.88 Å². The van der Waals surface area contributed by atoms with Gasteiger partial charge in [0, 0.05) is 11.0 Å². The van der Waals surface area contributed by atoms with Crippen molar-refractivity contribution in [3.05, 3.63) is 23.6 Å². The van der Waals surface area contributed by atoms with Crippen LogP contribution in [-0.4, -0.2) is 16.2 Å². The molecule has 2 bridgehead atoms. The molecule has 1 aromatic rings. The number of aliphatic hydroxyl groups excluding tert-OH is 1. The Morgan fingerprint density at radius 1 is 1.45 bits per heavy atom. The molecule has 1 heterocycles. The van der Waals surface area contributed by atoms with Gasteiger partial charge in [-0.2, -0.15) is 0 Å². The largest absolute Gasteiger partial charge is 0.473 e. The Hall–Kier alpha value is -1.16. The topological polar surface area (TPSA) is 42.4 Å². The van der Waals surface area contributed by atoms with E-state index in [0.717, 1.165) is 19.0 Å². The van der Waals surface area contributed by atoms with Crippen molar-refractivity contribution in [2.24, 2.45) is 16.7 Å². The predicted molar refractivity (Wildman–Crippen MR) is 73.8 cm³/mol. The van der Waals surface area contributed by atoms with Crippen molar-refractivity contribution in [1.29, 1.82) is 0 Å². The van der Waals surface area contributed by atoms with Crippen molar-refractivity contribution in [2.45, 2.75) is 52.7 Å². The molecule has 3 nitrogen and oxygen atoms in total. The molecule has 1 aromatic heterocycles. The molecule has 3 atom stereocenters. The van der Waals surface area contributed by atoms with E-state index < -0.39 is 5.82 Å². The normalized spacial score (nSPS) is 34.5. The van der Waals surface area contributed by atoms with Gasteiger partial charge in [-0.3, -0.25) is 0 Å². The summed E-state index contributed by atoms with van der Waals surface area (Å²) in [5, 5.41) is 9.33. The molecule has 20 heavy (non-hydrogen) atoms. The van der Waals surface area contributed by atoms with Crippen molar-refractivity contribution in [3.8, 4) is 5.88 Å². The van der Waals surface area contributed by atoms with E-state index in [1.165, 1.54) is 12.5 Å². The third-order valence-electron chi connectivity index (χ3n) is 6.03. The zero-order valence-electron chi connectivity index (χ0n) is 12.3. The van der Waals surface area contributed by atoms with Gasteiger partial charge in [-0.05, 0) is 36.7 Å². The molecule has 0 radical (unpaired) electrons. The molecule has 2 aliphatic rings. The van der Waals surface area contributed by atoms with Gasteiger partial charge in [0.05, 0.1) is 12.8 Å². The number of ether oxygens (including phenoxy) is 1. The smallest absolute Gasteiger partial charge is 0.219 e. The first-order valence-electron chi connectivity index (χ1n) is 7.30. The lowest BCUT2D eigenvalue weighted by Gasteiger charge is -2.38. The van der Waals surface area contributed by atoms with Crippen molar-refractivity contribution >= 4 is 0 Å². The fourth-order valence-electron chi connectivity index (χ4n) is 4.13. The molecule has 0 aliphatic heterocycles. The molecule has 1 N–H and O–H groups in total. The fourth-order valence-corrected chi connectivity index (χ4v) is 4.13. The maximum atomic E-state index is 13.2. The van der Waals surface area contributed by atoms with Crippen LogP contribution in [0.4, 0.5) is 4.39 Å². The monoisotopic (exact) mass is 279 g/mol. The van der Waals surface area contributed by atoms with E-state index in [1.807, 2.05) is 0 Å². The second kappa shape index (κ2) is 4.42. The van der Waals surface area contributed by atoms with Crippen LogP contribution >= 0.6 is 0 Å². The summed E-state index contributed by atoms with van der Waals surface area (Å²) in [6.45, 7) is 6.67. The zero-order chi connectivity index (χ0) is 14.5. The molecule has 110 valence electrons. The Morgan fingerprint density at radius 2 is 2.20 bits per heavy atom. The maximum absolute atomic E-state index is 13.2. The summed E-state index contributed by atoms with van der Waals surface area (Å²) in [5.41, 5.74) is 0.812. The van der Waals surface area contributed by atoms with Crippen LogP contribution in [0.15, 0.2) is 12.3 Å². The first-order chi connectivity index (χ1) is 9.38. The molecular formula is C16H22FNO2. The van der Waals surface area contributed by atoms with Gasteiger partial charge in [0.1, 0.15) is 11.9 Å². The molecule has 3 rings (SSSR count). The molecule has 2 saturated carbocycles. The van der Waals surface area contributed by atoms with E-state index in [2.05, 4.69) is 25.8 Å². The lowest BCUT2D eigenvalue weighted by atomic mass is 9.70. The summed E-state index contributed by atoms with van der Waals surface area (Å²) in [6, 6.07) is 1.29. The summed E-state index contributed by atoms with van der Waals surface area (Å²) in [5.74, 6) is 0.611. The van der Waals surface area contributed by atoms with Gasteiger partial charge in [-0.1, -0.05) is 20.8 Å². The lowest BCUT2D eigenvalue weighted by molar-refractivity contribution is 0.0258. The average Bonchev–Trinajstić information content (AvgIpc) is 2.74. The SMILES string of the molecule is CC1(C)C2CCC1(C)C(Oc1ncc(F)cc1CO)C2. The molecule has 3 unspecified atom stereocenters. The van der Waals surface area contributed by atoms with Crippen LogP contribution in [0.25, 0.3) is 0 Å². The first-order valence-corrected chi connectivity index (χ1v) is 7.30. The van der Waals surface area contributed by atoms with Crippen LogP contribution in [-0.2, 0) is 6.61 Å². The summed E-state index contributed by atoms with van der Waals surface area (Å²) >= 11 is 0. The Morgan fingerprint density at radius 3 is 2.75 bits per heavy atom. The highest BCUT2D eigenvalue weighted by molar-refractivity contribution is 5.26. The molecule has 0 spiro atoms. The van der Waals surface area contributed by atoms with E-state index >= 15 is 0 Å². The van der Waals surface area contributed by atoms with Gasteiger partial charge in [0.25, 0.3) is 0 Å². The molecule has 2 aliphatic carbocycles. The van der Waals surface area contributed by atoms with Crippen LogP contribution in [0.2, 0.25) is 0 Å². The van der Waals surface area contributed by atoms with Crippen molar-refractivity contribution in [2.75, 3.05) is 0 Å². The zero-order valence-corrected chi connectivity index (χ0v) is 12.3. The third kappa shape index (κ3) is 1.77. The summed E-state index contributed by atoms with van der Waals surface area (Å²) in [4.78, 5) is 4.02. The number of aliphatic hydroxyl groups is 1. The van der Waals surface area contributed by atoms with E-state index in [0.29, 0.717) is 17.4 Å². The van der Waals surface area contributed by atoms with E-state index in [1.54, 1.807) is 0 Å². The van der Waals surface area contributed by atoms with E-state index in [4.69, 9.17) is 4.74 Å². The van der Waals surface area contributed by atoms with Gasteiger partial charge in [-0.25, -0.2) is 9.37 Å². The number of nitrogens with zero attached hydrogens (tertiary/aromatic N) is 1. The van der Waals surface area contributed by atoms with Crippen LogP contribution < -0.4 is 4.74 Å². The van der Waals surface area contributed by atoms with Crippen molar-refractivity contribution < 1.29 is 14.2 Å². The number of halogens is 1. The van der Waals surface area contributed by atoms with Crippen molar-refractivity contribution in [1.82, 2.24) is 4.98 Å². The van der Waals surface area contributed by atoms with Gasteiger partial charge >= 0.3 is 0 Å². The summed E-state index contributed by atoms with van der Waals surface area (Å²) in [7, 11) is 0. The number of hydrogen-bond donors (Lipinski definition) is 1. The number of pyridine rings is 1. The molecular weight excluding hydrogens is 257 g/mol. The molecule has 2 fully saturated rings. The van der Waals surface area contributed by atoms with E-state index in [9.17, 15) is 9.50 Å². The standard InChI is InChI=1S/C16H22FNO2/c1-15(2)11-4-5-16(15,3)13(7-11)20-14-10(9-19)6-12(17)8-18-14/h6,8,11,13,19H,4-5,7,9H2,1-3H3. The molecule has 4 heteroatoms. The van der Waals surface area contributed by atoms with Gasteiger partial charge in [0.2, 0.25) is 5.88 Å². The average molecular weight is 279 g/mol. The predicted octanol–water partition coefficient (Wildman–Crippen LogP) is 3.31. The van der Waals surface area contributed by atoms with E-state index in [-0.39, 0.29) is 23.5 Å². The minimum absolute atomic E-state index is 0.0968. The minimum atomic E-state index is -0.444. The second-order valence-electron chi connectivity index (χ2n) is 6.99. The Kier molecular flexibility index (Phi) is 3.05. The summed E-state index contributed by atoms with van der Waals surface area (Å²) < 4.78 is 19.3. The Bertz CT molecular complexity index is 531. The molecule has 0 aromatic carbocycles. The highest BCUT2D eigenvalue weighted by atomic mass is 19.1. The quantitative estimate of drug-likeness (QED) is 0.923. The molecule has 0 amide bonds. The van der Waals surface area contributed by atoms with Gasteiger partial charge in [0.15, 0.2) is 0 Å². The van der Waals surface area contributed by atoms with Gasteiger partial charge in [-0.15, -0.1) is 0 Å². The Labute approximate surface area is 119 Å². The third-order valence-corrected chi connectivity index (χ3v) is 6.03. The van der Waals surface area contributed by atoms with Crippen LogP contribution in [0.1, 0.15) is 45.6 Å². The number of hydrogen-bond acceptors (Lipinski definition) is 3. The summed E-state index contributed by atoms with van der Waals surface area (Å²) in [6.07, 6.45) is 4.68. The van der Waals surface area contributed by atoms with Crippen molar-refractivity contribution in [3.63, 3.8) is 0 Å². The number of rotatable bonds is 3. The van der Waals surface area contributed by atoms with Crippen LogP contribution in [0, 0.1) is 22.6 Å². The highest BCUT2D eigenvalue weighted by Crippen LogP contribution is 2.66. The Balaban J connectivity index is 1.87. The minimum Gasteiger partial charge on any atom is -0.473 e. The number of fused-ring (bicyclic) bond motifs is 2. The maximum Gasteiger partial charge on any atom is 0.219 e. The number of aromatic nitrogens is 1. The second-order valence-corrected chi connectivity index (χ2v) is 6.99. The fraction of sp³-hybridized carbons (Fsp3) is 0.688. The molecule has 0 saturated heterocycles. The lowest BCUT2D eigenvalue weighted by Crippen LogP contribution is -2.39. The van der Waals surface area contributed by atoms with Crippen LogP contribution in [0.3, 0.4) is 0 Å². The van der Waals surface area contributed by atoms with Gasteiger partial charge < -0.3 is 9.84 Å². The first kappa shape index (κ1) is 13.8. The highest BCUT2D eigenvalue weighted by Gasteiger charge is 2.62.